The lowest BCUT2D eigenvalue weighted by molar-refractivity contribution is 0.0662. The first-order valence-electron chi connectivity index (χ1n) is 8.41. The molecule has 2 aliphatic heterocycles. The highest BCUT2D eigenvalue weighted by molar-refractivity contribution is 5.89. The zero-order valence-electron chi connectivity index (χ0n) is 14.7. The molecule has 0 radical (unpaired) electrons. The number of likely N-dealkylation sites (tertiary alicyclic amines) is 1. The number of nitrogens with one attached hydrogen (secondary N) is 1. The molecule has 9 heteroatoms. The SMILES string of the molecule is CN1CC2(CCN(C(=O)Nc3cc(-c4ccccn4)nn3C)C2)OC1=O. The van der Waals surface area contributed by atoms with Gasteiger partial charge in [-0.3, -0.25) is 15.0 Å². The number of amides is 3. The van der Waals surface area contributed by atoms with Gasteiger partial charge in [0.25, 0.3) is 0 Å². The first-order chi connectivity index (χ1) is 12.5. The Morgan fingerprint density at radius 2 is 2.12 bits per heavy atom. The Morgan fingerprint density at radius 3 is 2.81 bits per heavy atom. The third kappa shape index (κ3) is 2.85. The van der Waals surface area contributed by atoms with E-state index in [2.05, 4.69) is 15.4 Å². The molecule has 2 fully saturated rings. The molecule has 2 aromatic rings. The number of carbonyl (C=O) groups is 2. The van der Waals surface area contributed by atoms with Gasteiger partial charge in [0.2, 0.25) is 0 Å². The fourth-order valence-electron chi connectivity index (χ4n) is 3.43. The van der Waals surface area contributed by atoms with Crippen LogP contribution in [0.5, 0.6) is 0 Å². The van der Waals surface area contributed by atoms with Gasteiger partial charge in [-0.25, -0.2) is 9.59 Å². The Bertz CT molecular complexity index is 851. The van der Waals surface area contributed by atoms with E-state index in [1.807, 2.05) is 18.2 Å². The molecule has 0 bridgehead atoms. The standard InChI is InChI=1S/C17H20N6O3/c1-21-10-17(26-16(21)25)6-8-23(11-17)15(24)19-14-9-13(20-22(14)2)12-5-3-4-7-18-12/h3-5,7,9H,6,8,10-11H2,1-2H3,(H,19,24). The van der Waals surface area contributed by atoms with Gasteiger partial charge in [0, 0.05) is 39.3 Å². The van der Waals surface area contributed by atoms with E-state index >= 15 is 0 Å². The first kappa shape index (κ1) is 16.4. The van der Waals surface area contributed by atoms with Crippen molar-refractivity contribution in [3.8, 4) is 11.4 Å². The van der Waals surface area contributed by atoms with Crippen molar-refractivity contribution < 1.29 is 14.3 Å². The third-order valence-corrected chi connectivity index (χ3v) is 4.79. The molecule has 2 aliphatic rings. The molecule has 2 aromatic heterocycles. The van der Waals surface area contributed by atoms with Crippen molar-refractivity contribution in [3.63, 3.8) is 0 Å². The summed E-state index contributed by atoms with van der Waals surface area (Å²) in [5.74, 6) is 0.581. The molecule has 26 heavy (non-hydrogen) atoms. The summed E-state index contributed by atoms with van der Waals surface area (Å²) < 4.78 is 7.09. The van der Waals surface area contributed by atoms with Crippen molar-refractivity contribution in [1.82, 2.24) is 24.6 Å². The topological polar surface area (TPSA) is 92.6 Å². The largest absolute Gasteiger partial charge is 0.439 e. The molecule has 1 spiro atoms. The normalized spacial score (nSPS) is 22.2. The number of nitrogens with zero attached hydrogens (tertiary/aromatic N) is 5. The summed E-state index contributed by atoms with van der Waals surface area (Å²) in [5, 5.41) is 7.27. The number of hydrogen-bond donors (Lipinski definition) is 1. The molecular weight excluding hydrogens is 336 g/mol. The predicted molar refractivity (Wildman–Crippen MR) is 93.5 cm³/mol. The summed E-state index contributed by atoms with van der Waals surface area (Å²) in [6, 6.07) is 7.14. The zero-order chi connectivity index (χ0) is 18.3. The van der Waals surface area contributed by atoms with Crippen LogP contribution >= 0.6 is 0 Å². The summed E-state index contributed by atoms with van der Waals surface area (Å²) in [5.41, 5.74) is 0.839. The van der Waals surface area contributed by atoms with Crippen molar-refractivity contribution in [3.05, 3.63) is 30.5 Å². The van der Waals surface area contributed by atoms with Gasteiger partial charge in [-0.1, -0.05) is 6.07 Å². The number of aromatic nitrogens is 3. The molecule has 0 aliphatic carbocycles. The van der Waals surface area contributed by atoms with E-state index in [-0.39, 0.29) is 12.1 Å². The summed E-state index contributed by atoms with van der Waals surface area (Å²) in [6.07, 6.45) is 2.01. The van der Waals surface area contributed by atoms with Crippen LogP contribution in [0.15, 0.2) is 30.5 Å². The van der Waals surface area contributed by atoms with Crippen LogP contribution in [0.25, 0.3) is 11.4 Å². The minimum Gasteiger partial charge on any atom is -0.439 e. The molecule has 4 rings (SSSR count). The molecule has 2 saturated heterocycles. The van der Waals surface area contributed by atoms with Crippen LogP contribution in [0.1, 0.15) is 6.42 Å². The number of aryl methyl sites for hydroxylation is 1. The van der Waals surface area contributed by atoms with Gasteiger partial charge in [-0.2, -0.15) is 5.10 Å². The maximum Gasteiger partial charge on any atom is 0.410 e. The molecule has 1 atom stereocenters. The Labute approximate surface area is 150 Å². The van der Waals surface area contributed by atoms with Gasteiger partial charge in [-0.05, 0) is 12.1 Å². The average Bonchev–Trinajstić information content (AvgIpc) is 3.28. The lowest BCUT2D eigenvalue weighted by Crippen LogP contribution is -2.40. The highest BCUT2D eigenvalue weighted by atomic mass is 16.6. The van der Waals surface area contributed by atoms with Gasteiger partial charge in [0.05, 0.1) is 18.8 Å². The number of carbonyl (C=O) groups excluding carboxylic acids is 2. The van der Waals surface area contributed by atoms with Crippen LogP contribution in [-0.2, 0) is 11.8 Å². The lowest BCUT2D eigenvalue weighted by Gasteiger charge is -2.21. The molecule has 0 saturated carbocycles. The summed E-state index contributed by atoms with van der Waals surface area (Å²) >= 11 is 0. The van der Waals surface area contributed by atoms with E-state index in [9.17, 15) is 9.59 Å². The summed E-state index contributed by atoms with van der Waals surface area (Å²) in [4.78, 5) is 31.8. The molecule has 3 amide bonds. The van der Waals surface area contributed by atoms with E-state index in [1.165, 1.54) is 0 Å². The first-order valence-corrected chi connectivity index (χ1v) is 8.41. The molecule has 4 heterocycles. The van der Waals surface area contributed by atoms with Crippen molar-refractivity contribution in [2.75, 3.05) is 32.0 Å². The summed E-state index contributed by atoms with van der Waals surface area (Å²) in [7, 11) is 3.47. The Morgan fingerprint density at radius 1 is 1.27 bits per heavy atom. The zero-order valence-corrected chi connectivity index (χ0v) is 14.7. The average molecular weight is 356 g/mol. The summed E-state index contributed by atoms with van der Waals surface area (Å²) in [6.45, 7) is 1.43. The van der Waals surface area contributed by atoms with Gasteiger partial charge < -0.3 is 14.5 Å². The van der Waals surface area contributed by atoms with Crippen LogP contribution in [-0.4, -0.2) is 69.0 Å². The second-order valence-electron chi connectivity index (χ2n) is 6.76. The Kier molecular flexibility index (Phi) is 3.78. The molecule has 9 nitrogen and oxygen atoms in total. The maximum atomic E-state index is 12.6. The van der Waals surface area contributed by atoms with Gasteiger partial charge in [0.15, 0.2) is 5.60 Å². The van der Waals surface area contributed by atoms with E-state index in [0.29, 0.717) is 37.6 Å². The van der Waals surface area contributed by atoms with Gasteiger partial charge >= 0.3 is 12.1 Å². The van der Waals surface area contributed by atoms with Crippen LogP contribution < -0.4 is 5.32 Å². The van der Waals surface area contributed by atoms with Crippen molar-refractivity contribution in [1.29, 1.82) is 0 Å². The number of pyridine rings is 1. The van der Waals surface area contributed by atoms with Crippen molar-refractivity contribution in [2.45, 2.75) is 12.0 Å². The Balaban J connectivity index is 1.45. The molecule has 1 unspecified atom stereocenters. The van der Waals surface area contributed by atoms with E-state index in [1.54, 1.807) is 40.8 Å². The fraction of sp³-hybridized carbons (Fsp3) is 0.412. The number of likely N-dealkylation sites (N-methyl/N-ethyl adjacent to an activating group) is 1. The van der Waals surface area contributed by atoms with Crippen LogP contribution in [0.2, 0.25) is 0 Å². The van der Waals surface area contributed by atoms with Crippen LogP contribution in [0.3, 0.4) is 0 Å². The number of ether oxygens (including phenoxy) is 1. The second-order valence-corrected chi connectivity index (χ2v) is 6.76. The third-order valence-electron chi connectivity index (χ3n) is 4.79. The minimum atomic E-state index is -0.589. The van der Waals surface area contributed by atoms with E-state index in [4.69, 9.17) is 4.74 Å². The predicted octanol–water partition coefficient (Wildman–Crippen LogP) is 1.54. The number of hydrogen-bond acceptors (Lipinski definition) is 5. The maximum absolute atomic E-state index is 12.6. The van der Waals surface area contributed by atoms with E-state index in [0.717, 1.165) is 5.69 Å². The number of urea groups is 1. The van der Waals surface area contributed by atoms with Crippen molar-refractivity contribution in [2.24, 2.45) is 7.05 Å². The highest BCUT2D eigenvalue weighted by Crippen LogP contribution is 2.32. The van der Waals surface area contributed by atoms with Crippen LogP contribution in [0.4, 0.5) is 15.4 Å². The minimum absolute atomic E-state index is 0.233. The van der Waals surface area contributed by atoms with Crippen LogP contribution in [0, 0.1) is 0 Å². The molecular formula is C17H20N6O3. The van der Waals surface area contributed by atoms with Gasteiger partial charge in [0.1, 0.15) is 11.5 Å². The highest BCUT2D eigenvalue weighted by Gasteiger charge is 2.49. The van der Waals surface area contributed by atoms with Crippen molar-refractivity contribution >= 4 is 17.9 Å². The monoisotopic (exact) mass is 356 g/mol. The quantitative estimate of drug-likeness (QED) is 0.881. The smallest absolute Gasteiger partial charge is 0.410 e. The van der Waals surface area contributed by atoms with Gasteiger partial charge in [-0.15, -0.1) is 0 Å². The molecule has 0 aromatic carbocycles. The molecule has 1 N–H and O–H groups in total. The fourth-order valence-corrected chi connectivity index (χ4v) is 3.43. The lowest BCUT2D eigenvalue weighted by atomic mass is 10.0. The number of rotatable bonds is 2. The number of anilines is 1. The molecule has 136 valence electrons. The van der Waals surface area contributed by atoms with E-state index < -0.39 is 5.60 Å². The Hall–Kier alpha value is -3.10. The second kappa shape index (κ2) is 6.01.